The summed E-state index contributed by atoms with van der Waals surface area (Å²) in [6.07, 6.45) is 0.988. The number of amides is 4. The van der Waals surface area contributed by atoms with Gasteiger partial charge >= 0.3 is 5.97 Å². The van der Waals surface area contributed by atoms with Gasteiger partial charge in [0.05, 0.1) is 12.5 Å². The van der Waals surface area contributed by atoms with Gasteiger partial charge in [0, 0.05) is 0 Å². The van der Waals surface area contributed by atoms with Gasteiger partial charge in [0.1, 0.15) is 18.1 Å². The molecule has 190 valence electrons. The van der Waals surface area contributed by atoms with Gasteiger partial charge in [-0.1, -0.05) is 54.4 Å². The summed E-state index contributed by atoms with van der Waals surface area (Å²) in [7, 11) is 0. The molecule has 33 heavy (non-hydrogen) atoms. The van der Waals surface area contributed by atoms with Crippen molar-refractivity contribution in [1.82, 2.24) is 16.0 Å². The van der Waals surface area contributed by atoms with Gasteiger partial charge < -0.3 is 32.5 Å². The second-order valence-electron chi connectivity index (χ2n) is 9.05. The lowest BCUT2D eigenvalue weighted by molar-refractivity contribution is -0.144. The van der Waals surface area contributed by atoms with E-state index in [1.54, 1.807) is 13.8 Å². The van der Waals surface area contributed by atoms with E-state index in [4.69, 9.17) is 11.5 Å². The van der Waals surface area contributed by atoms with Crippen LogP contribution in [-0.2, 0) is 24.0 Å². The van der Waals surface area contributed by atoms with Crippen molar-refractivity contribution < 1.29 is 29.1 Å². The second-order valence-corrected chi connectivity index (χ2v) is 9.05. The predicted molar refractivity (Wildman–Crippen MR) is 124 cm³/mol. The summed E-state index contributed by atoms with van der Waals surface area (Å²) in [5.41, 5.74) is 10.8. The van der Waals surface area contributed by atoms with Crippen LogP contribution in [0.1, 0.15) is 67.2 Å². The Bertz CT molecular complexity index is 699. The fraction of sp³-hybridized carbons (Fsp3) is 0.773. The molecule has 0 fully saturated rings. The molecule has 11 heteroatoms. The SMILES string of the molecule is CCC(C)C(NC(=O)C(NC(=O)C(CC(C)C)NC(=O)C(N)CC(N)=O)C(C)CC)C(=O)O. The fourth-order valence-corrected chi connectivity index (χ4v) is 3.17. The Morgan fingerprint density at radius 2 is 1.27 bits per heavy atom. The Balaban J connectivity index is 5.62. The summed E-state index contributed by atoms with van der Waals surface area (Å²) in [6, 6.07) is -4.30. The molecule has 4 amide bonds. The number of hydrogen-bond acceptors (Lipinski definition) is 6. The van der Waals surface area contributed by atoms with Gasteiger partial charge in [0.25, 0.3) is 0 Å². The molecule has 0 aliphatic rings. The number of hydrogen-bond donors (Lipinski definition) is 6. The van der Waals surface area contributed by atoms with E-state index in [0.717, 1.165) is 0 Å². The van der Waals surface area contributed by atoms with E-state index in [2.05, 4.69) is 16.0 Å². The number of nitrogens with one attached hydrogen (secondary N) is 3. The molecule has 6 unspecified atom stereocenters. The molecule has 0 aromatic rings. The van der Waals surface area contributed by atoms with Crippen LogP contribution < -0.4 is 27.4 Å². The Hall–Kier alpha value is -2.69. The van der Waals surface area contributed by atoms with E-state index in [-0.39, 0.29) is 30.6 Å². The lowest BCUT2D eigenvalue weighted by Crippen LogP contribution is -2.59. The average Bonchev–Trinajstić information content (AvgIpc) is 2.72. The van der Waals surface area contributed by atoms with E-state index in [1.807, 2.05) is 27.7 Å². The molecule has 6 atom stereocenters. The van der Waals surface area contributed by atoms with Gasteiger partial charge in [-0.05, 0) is 24.2 Å². The number of carbonyl (C=O) groups is 5. The largest absolute Gasteiger partial charge is 0.480 e. The van der Waals surface area contributed by atoms with Crippen molar-refractivity contribution in [2.75, 3.05) is 0 Å². The maximum absolute atomic E-state index is 13.0. The third kappa shape index (κ3) is 10.6. The normalized spacial score (nSPS) is 16.6. The lowest BCUT2D eigenvalue weighted by Gasteiger charge is -2.29. The second kappa shape index (κ2) is 14.5. The van der Waals surface area contributed by atoms with Crippen LogP contribution in [0.5, 0.6) is 0 Å². The van der Waals surface area contributed by atoms with Crippen molar-refractivity contribution in [2.24, 2.45) is 29.2 Å². The minimum absolute atomic E-state index is 0.0195. The van der Waals surface area contributed by atoms with E-state index in [1.165, 1.54) is 0 Å². The first-order valence-corrected chi connectivity index (χ1v) is 11.4. The number of rotatable bonds is 15. The molecular formula is C22H41N5O6. The Morgan fingerprint density at radius 1 is 0.788 bits per heavy atom. The molecule has 0 saturated heterocycles. The molecule has 0 radical (unpaired) electrons. The Morgan fingerprint density at radius 3 is 1.70 bits per heavy atom. The van der Waals surface area contributed by atoms with Gasteiger partial charge in [-0.3, -0.25) is 19.2 Å². The van der Waals surface area contributed by atoms with Crippen molar-refractivity contribution in [2.45, 2.75) is 91.4 Å². The minimum atomic E-state index is -1.20. The Kier molecular flexibility index (Phi) is 13.3. The first kappa shape index (κ1) is 30.3. The minimum Gasteiger partial charge on any atom is -0.480 e. The highest BCUT2D eigenvalue weighted by molar-refractivity contribution is 5.95. The fourth-order valence-electron chi connectivity index (χ4n) is 3.17. The molecule has 0 aliphatic heterocycles. The van der Waals surface area contributed by atoms with Crippen molar-refractivity contribution in [3.8, 4) is 0 Å². The van der Waals surface area contributed by atoms with Gasteiger partial charge in [-0.15, -0.1) is 0 Å². The maximum Gasteiger partial charge on any atom is 0.326 e. The van der Waals surface area contributed by atoms with Crippen LogP contribution >= 0.6 is 0 Å². The smallest absolute Gasteiger partial charge is 0.326 e. The first-order chi connectivity index (χ1) is 15.2. The topological polar surface area (TPSA) is 194 Å². The van der Waals surface area contributed by atoms with E-state index in [0.29, 0.717) is 12.8 Å². The zero-order valence-electron chi connectivity index (χ0n) is 20.5. The summed E-state index contributed by atoms with van der Waals surface area (Å²) in [4.78, 5) is 61.0. The van der Waals surface area contributed by atoms with Gasteiger partial charge in [-0.2, -0.15) is 0 Å². The predicted octanol–water partition coefficient (Wildman–Crippen LogP) is -0.134. The standard InChI is InChI=1S/C22H41N5O6/c1-7-12(5)17(21(31)27-18(22(32)33)13(6)8-2)26-20(30)15(9-11(3)4)25-19(29)14(23)10-16(24)28/h11-15,17-18H,7-10,23H2,1-6H3,(H2,24,28)(H,25,29)(H,26,30)(H,27,31)(H,32,33). The van der Waals surface area contributed by atoms with Gasteiger partial charge in [0.2, 0.25) is 23.6 Å². The third-order valence-corrected chi connectivity index (χ3v) is 5.67. The van der Waals surface area contributed by atoms with Gasteiger partial charge in [0.15, 0.2) is 0 Å². The zero-order chi connectivity index (χ0) is 25.9. The van der Waals surface area contributed by atoms with E-state index in [9.17, 15) is 29.1 Å². The first-order valence-electron chi connectivity index (χ1n) is 11.4. The summed E-state index contributed by atoms with van der Waals surface area (Å²) in [5, 5.41) is 17.2. The van der Waals surface area contributed by atoms with Crippen LogP contribution in [0, 0.1) is 17.8 Å². The number of carbonyl (C=O) groups excluding carboxylic acids is 4. The quantitative estimate of drug-likeness (QED) is 0.191. The third-order valence-electron chi connectivity index (χ3n) is 5.67. The average molecular weight is 472 g/mol. The van der Waals surface area contributed by atoms with E-state index < -0.39 is 53.8 Å². The summed E-state index contributed by atoms with van der Waals surface area (Å²) >= 11 is 0. The van der Waals surface area contributed by atoms with Crippen molar-refractivity contribution >= 4 is 29.6 Å². The van der Waals surface area contributed by atoms with Gasteiger partial charge in [-0.25, -0.2) is 4.79 Å². The summed E-state index contributed by atoms with van der Waals surface area (Å²) in [5.74, 6) is -4.39. The van der Waals surface area contributed by atoms with Crippen LogP contribution in [0.3, 0.4) is 0 Å². The molecule has 11 nitrogen and oxygen atoms in total. The molecular weight excluding hydrogens is 430 g/mol. The van der Waals surface area contributed by atoms with Crippen LogP contribution in [0.2, 0.25) is 0 Å². The highest BCUT2D eigenvalue weighted by Gasteiger charge is 2.34. The summed E-state index contributed by atoms with van der Waals surface area (Å²) < 4.78 is 0. The molecule has 0 bridgehead atoms. The highest BCUT2D eigenvalue weighted by Crippen LogP contribution is 2.13. The zero-order valence-corrected chi connectivity index (χ0v) is 20.5. The number of aliphatic carboxylic acids is 1. The van der Waals surface area contributed by atoms with Crippen LogP contribution in [0.15, 0.2) is 0 Å². The van der Waals surface area contributed by atoms with Crippen molar-refractivity contribution in [3.05, 3.63) is 0 Å². The van der Waals surface area contributed by atoms with Crippen LogP contribution in [-0.4, -0.2) is 58.9 Å². The summed E-state index contributed by atoms with van der Waals surface area (Å²) in [6.45, 7) is 10.9. The number of carboxylic acid groups (broad SMARTS) is 1. The number of nitrogens with two attached hydrogens (primary N) is 2. The molecule has 8 N–H and O–H groups in total. The van der Waals surface area contributed by atoms with E-state index >= 15 is 0 Å². The molecule has 0 aromatic carbocycles. The maximum atomic E-state index is 13.0. The lowest BCUT2D eigenvalue weighted by atomic mass is 9.94. The molecule has 0 aromatic heterocycles. The molecule has 0 heterocycles. The molecule has 0 aliphatic carbocycles. The number of primary amides is 1. The molecule has 0 rings (SSSR count). The molecule has 0 spiro atoms. The van der Waals surface area contributed by atoms with Crippen LogP contribution in [0.4, 0.5) is 0 Å². The highest BCUT2D eigenvalue weighted by atomic mass is 16.4. The van der Waals surface area contributed by atoms with Crippen molar-refractivity contribution in [3.63, 3.8) is 0 Å². The Labute approximate surface area is 195 Å². The van der Waals surface area contributed by atoms with Crippen LogP contribution in [0.25, 0.3) is 0 Å². The number of carboxylic acids is 1. The van der Waals surface area contributed by atoms with Crippen molar-refractivity contribution in [1.29, 1.82) is 0 Å². The monoisotopic (exact) mass is 471 g/mol. The molecule has 0 saturated carbocycles.